The fourth-order valence-electron chi connectivity index (χ4n) is 5.59. The molecule has 0 aliphatic heterocycles. The molecule has 0 bridgehead atoms. The van der Waals surface area contributed by atoms with E-state index in [0.717, 1.165) is 29.9 Å². The number of nitrogens with one attached hydrogen (secondary N) is 1. The SMILES string of the molecule is CCCCCCCOc1ccc(C(=O)Oc2ccc(CN(CC(=O)O)C(=O)c3ccc(NC(=O)Cc4ccc(OC)cc4C(F)(F)F)cc3OC)cc2)cc1. The lowest BCUT2D eigenvalue weighted by atomic mass is 10.0. The number of benzene rings is 4. The van der Waals surface area contributed by atoms with Crippen LogP contribution < -0.4 is 24.3 Å². The average Bonchev–Trinajstić information content (AvgIpc) is 3.16. The van der Waals surface area contributed by atoms with Gasteiger partial charge in [-0.25, -0.2) is 4.79 Å². The van der Waals surface area contributed by atoms with Crippen LogP contribution in [0.25, 0.3) is 0 Å². The zero-order valence-electron chi connectivity index (χ0n) is 30.7. The first kappa shape index (κ1) is 41.7. The average molecular weight is 765 g/mol. The summed E-state index contributed by atoms with van der Waals surface area (Å²) in [6.07, 6.45) is 0.297. The van der Waals surface area contributed by atoms with Gasteiger partial charge in [0.1, 0.15) is 29.5 Å². The van der Waals surface area contributed by atoms with Crippen LogP contribution in [-0.2, 0) is 28.7 Å². The van der Waals surface area contributed by atoms with Gasteiger partial charge in [0.05, 0.1) is 43.9 Å². The van der Waals surface area contributed by atoms with Gasteiger partial charge in [0, 0.05) is 18.3 Å². The van der Waals surface area contributed by atoms with Crippen LogP contribution in [-0.4, -0.2) is 61.1 Å². The fourth-order valence-corrected chi connectivity index (χ4v) is 5.59. The molecular formula is C41H43F3N2O9. The van der Waals surface area contributed by atoms with E-state index in [-0.39, 0.29) is 40.6 Å². The summed E-state index contributed by atoms with van der Waals surface area (Å²) in [5.74, 6) is -2.45. The molecule has 0 fully saturated rings. The minimum absolute atomic E-state index is 0.0109. The molecule has 11 nitrogen and oxygen atoms in total. The predicted molar refractivity (Wildman–Crippen MR) is 198 cm³/mol. The molecule has 0 saturated carbocycles. The molecule has 0 spiro atoms. The first-order valence-corrected chi connectivity index (χ1v) is 17.6. The highest BCUT2D eigenvalue weighted by molar-refractivity contribution is 6.00. The molecule has 4 rings (SSSR count). The third kappa shape index (κ3) is 12.5. The number of aliphatic carboxylic acids is 1. The van der Waals surface area contributed by atoms with Gasteiger partial charge in [-0.3, -0.25) is 14.4 Å². The van der Waals surface area contributed by atoms with Crippen LogP contribution in [0, 0.1) is 0 Å². The van der Waals surface area contributed by atoms with Crippen LogP contribution >= 0.6 is 0 Å². The maximum absolute atomic E-state index is 13.6. The van der Waals surface area contributed by atoms with Crippen LogP contribution in [0.15, 0.2) is 84.9 Å². The van der Waals surface area contributed by atoms with Gasteiger partial charge in [0.15, 0.2) is 0 Å². The number of methoxy groups -OCH3 is 2. The molecule has 2 amide bonds. The van der Waals surface area contributed by atoms with Crippen molar-refractivity contribution in [1.29, 1.82) is 0 Å². The first-order chi connectivity index (χ1) is 26.3. The number of hydrogen-bond acceptors (Lipinski definition) is 8. The van der Waals surface area contributed by atoms with E-state index in [1.165, 1.54) is 69.9 Å². The molecule has 14 heteroatoms. The van der Waals surface area contributed by atoms with E-state index in [2.05, 4.69) is 12.2 Å². The largest absolute Gasteiger partial charge is 0.497 e. The monoisotopic (exact) mass is 764 g/mol. The highest BCUT2D eigenvalue weighted by Crippen LogP contribution is 2.35. The molecule has 55 heavy (non-hydrogen) atoms. The summed E-state index contributed by atoms with van der Waals surface area (Å²) in [6, 6.07) is 20.1. The van der Waals surface area contributed by atoms with Gasteiger partial charge >= 0.3 is 18.1 Å². The highest BCUT2D eigenvalue weighted by Gasteiger charge is 2.34. The predicted octanol–water partition coefficient (Wildman–Crippen LogP) is 8.20. The van der Waals surface area contributed by atoms with Gasteiger partial charge < -0.3 is 34.3 Å². The molecule has 4 aromatic carbocycles. The van der Waals surface area contributed by atoms with Crippen LogP contribution in [0.5, 0.6) is 23.0 Å². The van der Waals surface area contributed by atoms with Crippen molar-refractivity contribution >= 4 is 29.4 Å². The number of carbonyl (C=O) groups is 4. The van der Waals surface area contributed by atoms with Gasteiger partial charge in [0.2, 0.25) is 5.91 Å². The number of unbranched alkanes of at least 4 members (excludes halogenated alkanes) is 4. The second-order valence-corrected chi connectivity index (χ2v) is 12.5. The van der Waals surface area contributed by atoms with Crippen LogP contribution in [0.3, 0.4) is 0 Å². The number of carboxylic acid groups (broad SMARTS) is 1. The maximum atomic E-state index is 13.6. The Balaban J connectivity index is 1.38. The van der Waals surface area contributed by atoms with Crippen LogP contribution in [0.1, 0.15) is 76.4 Å². The van der Waals surface area contributed by atoms with Crippen molar-refractivity contribution in [2.24, 2.45) is 0 Å². The van der Waals surface area contributed by atoms with E-state index in [1.54, 1.807) is 36.4 Å². The van der Waals surface area contributed by atoms with E-state index in [4.69, 9.17) is 18.9 Å². The third-order valence-electron chi connectivity index (χ3n) is 8.42. The minimum Gasteiger partial charge on any atom is -0.497 e. The standard InChI is InChI=1S/C41H43F3N2O9/c1-4-5-6-7-8-21-54-31-17-11-28(12-18-31)40(51)55-32-15-9-27(10-16-32)25-46(26-38(48)49)39(50)34-20-14-30(23-36(34)53-3)45-37(47)22-29-13-19-33(52-2)24-35(29)41(42,43)44/h9-20,23-24H,4-8,21-22,25-26H2,1-3H3,(H,45,47)(H,48,49). The molecule has 4 aromatic rings. The molecule has 0 heterocycles. The molecule has 0 aliphatic carbocycles. The van der Waals surface area contributed by atoms with Crippen molar-refractivity contribution in [2.45, 2.75) is 58.2 Å². The van der Waals surface area contributed by atoms with Crippen molar-refractivity contribution < 1.29 is 56.4 Å². The summed E-state index contributed by atoms with van der Waals surface area (Å²) >= 11 is 0. The molecule has 0 unspecified atom stereocenters. The number of halogens is 3. The van der Waals surface area contributed by atoms with Gasteiger partial charge in [0.25, 0.3) is 5.91 Å². The zero-order chi connectivity index (χ0) is 40.0. The van der Waals surface area contributed by atoms with Gasteiger partial charge in [-0.05, 0) is 78.2 Å². The fraction of sp³-hybridized carbons (Fsp3) is 0.317. The molecule has 292 valence electrons. The number of ether oxygens (including phenoxy) is 4. The summed E-state index contributed by atoms with van der Waals surface area (Å²) in [6.45, 7) is 1.96. The van der Waals surface area contributed by atoms with Crippen molar-refractivity contribution in [1.82, 2.24) is 4.90 Å². The van der Waals surface area contributed by atoms with Crippen molar-refractivity contribution in [3.8, 4) is 23.0 Å². The smallest absolute Gasteiger partial charge is 0.416 e. The molecule has 0 saturated heterocycles. The Labute approximate surface area is 317 Å². The van der Waals surface area contributed by atoms with Gasteiger partial charge in [-0.15, -0.1) is 0 Å². The van der Waals surface area contributed by atoms with Crippen molar-refractivity contribution in [3.63, 3.8) is 0 Å². The van der Waals surface area contributed by atoms with E-state index in [1.807, 2.05) is 0 Å². The number of carboxylic acids is 1. The summed E-state index contributed by atoms with van der Waals surface area (Å²) in [7, 11) is 2.50. The van der Waals surface area contributed by atoms with Crippen LogP contribution in [0.2, 0.25) is 0 Å². The lowest BCUT2D eigenvalue weighted by molar-refractivity contribution is -0.139. The number of alkyl halides is 3. The summed E-state index contributed by atoms with van der Waals surface area (Å²) in [5, 5.41) is 12.1. The molecule has 0 radical (unpaired) electrons. The van der Waals surface area contributed by atoms with Crippen LogP contribution in [0.4, 0.5) is 18.9 Å². The molecule has 2 N–H and O–H groups in total. The summed E-state index contributed by atoms with van der Waals surface area (Å²) in [5.41, 5.74) is -0.308. The van der Waals surface area contributed by atoms with E-state index < -0.39 is 48.5 Å². The Morgan fingerprint density at radius 1 is 0.782 bits per heavy atom. The Kier molecular flexibility index (Phi) is 15.1. The summed E-state index contributed by atoms with van der Waals surface area (Å²) < 4.78 is 62.4. The number of rotatable bonds is 19. The second kappa shape index (κ2) is 19.9. The number of hydrogen-bond donors (Lipinski definition) is 2. The van der Waals surface area contributed by atoms with Crippen molar-refractivity contribution in [3.05, 3.63) is 113 Å². The Hall–Kier alpha value is -6.05. The topological polar surface area (TPSA) is 141 Å². The van der Waals surface area contributed by atoms with Gasteiger partial charge in [-0.2, -0.15) is 13.2 Å². The van der Waals surface area contributed by atoms with Gasteiger partial charge in [-0.1, -0.05) is 50.8 Å². The molecule has 0 aromatic heterocycles. The lowest BCUT2D eigenvalue weighted by Gasteiger charge is -2.22. The Morgan fingerprint density at radius 3 is 2.09 bits per heavy atom. The number of esters is 1. The Morgan fingerprint density at radius 2 is 1.45 bits per heavy atom. The second-order valence-electron chi connectivity index (χ2n) is 12.5. The first-order valence-electron chi connectivity index (χ1n) is 17.6. The van der Waals surface area contributed by atoms with E-state index in [0.29, 0.717) is 23.5 Å². The molecular weight excluding hydrogens is 721 g/mol. The lowest BCUT2D eigenvalue weighted by Crippen LogP contribution is -2.35. The van der Waals surface area contributed by atoms with E-state index >= 15 is 0 Å². The zero-order valence-corrected chi connectivity index (χ0v) is 30.7. The maximum Gasteiger partial charge on any atom is 0.416 e. The molecule has 0 atom stereocenters. The molecule has 0 aliphatic rings. The Bertz CT molecular complexity index is 1930. The third-order valence-corrected chi connectivity index (χ3v) is 8.42. The highest BCUT2D eigenvalue weighted by atomic mass is 19.4. The summed E-state index contributed by atoms with van der Waals surface area (Å²) in [4.78, 5) is 52.0. The minimum atomic E-state index is -4.72. The number of amides is 2. The van der Waals surface area contributed by atoms with Crippen molar-refractivity contribution in [2.75, 3.05) is 32.7 Å². The normalized spacial score (nSPS) is 11.0. The number of anilines is 1. The number of carbonyl (C=O) groups excluding carboxylic acids is 3. The quantitative estimate of drug-likeness (QED) is 0.0549. The number of nitrogens with zero attached hydrogens (tertiary/aromatic N) is 1. The van der Waals surface area contributed by atoms with E-state index in [9.17, 15) is 37.5 Å².